The molecule has 0 aliphatic rings. The summed E-state index contributed by atoms with van der Waals surface area (Å²) in [6, 6.07) is 11.8. The van der Waals surface area contributed by atoms with Crippen molar-refractivity contribution in [1.29, 1.82) is 0 Å². The summed E-state index contributed by atoms with van der Waals surface area (Å²) < 4.78 is 5.51. The number of carbonyl (C=O) groups excluding carboxylic acids is 1. The van der Waals surface area contributed by atoms with Crippen LogP contribution in [0.2, 0.25) is 0 Å². The number of nitrogens with one attached hydrogen (secondary N) is 1. The molecule has 0 saturated carbocycles. The number of hydrogen-bond donors (Lipinski definition) is 2. The average molecular weight is 466 g/mol. The van der Waals surface area contributed by atoms with E-state index in [0.717, 1.165) is 27.8 Å². The minimum atomic E-state index is -0.976. The van der Waals surface area contributed by atoms with Crippen LogP contribution in [0, 0.1) is 20.8 Å². The van der Waals surface area contributed by atoms with Gasteiger partial charge in [-0.05, 0) is 87.9 Å². The molecular weight excluding hydrogens is 426 g/mol. The van der Waals surface area contributed by atoms with E-state index in [1.807, 2.05) is 64.1 Å². The first-order valence-corrected chi connectivity index (χ1v) is 11.6. The second kappa shape index (κ2) is 14.2. The standard InChI is InChI=1S/C26H33NO4.C3H6/c1-16(2)31-24(26(29)30)14-21-11-10-18(4)23(13-21)15-27-25(28)19(5)12-22-9-7-8-17(3)20(22)6;1-3-2/h7-13,16,24H,14-15H2,1-6H3,(H,27,28)(H,29,30);3H,1H2,2H3/b19-12+;. The molecule has 0 radical (unpaired) electrons. The summed E-state index contributed by atoms with van der Waals surface area (Å²) in [6.07, 6.45) is 2.87. The number of rotatable bonds is 9. The second-order valence-electron chi connectivity index (χ2n) is 8.68. The van der Waals surface area contributed by atoms with Crippen molar-refractivity contribution < 1.29 is 19.4 Å². The Labute approximate surface area is 204 Å². The average Bonchev–Trinajstić information content (AvgIpc) is 2.76. The Kier molecular flexibility index (Phi) is 12.0. The lowest BCUT2D eigenvalue weighted by molar-refractivity contribution is -0.153. The van der Waals surface area contributed by atoms with Crippen LogP contribution < -0.4 is 5.32 Å². The third-order valence-electron chi connectivity index (χ3n) is 5.36. The van der Waals surface area contributed by atoms with Crippen molar-refractivity contribution in [3.05, 3.63) is 88.0 Å². The number of carbonyl (C=O) groups is 2. The quantitative estimate of drug-likeness (QED) is 0.355. The molecule has 34 heavy (non-hydrogen) atoms. The van der Waals surface area contributed by atoms with E-state index in [4.69, 9.17) is 4.74 Å². The predicted molar refractivity (Wildman–Crippen MR) is 140 cm³/mol. The van der Waals surface area contributed by atoms with Crippen molar-refractivity contribution in [3.63, 3.8) is 0 Å². The molecule has 0 fully saturated rings. The lowest BCUT2D eigenvalue weighted by Gasteiger charge is -2.17. The first-order valence-electron chi connectivity index (χ1n) is 11.6. The molecule has 0 heterocycles. The normalized spacial score (nSPS) is 11.9. The highest BCUT2D eigenvalue weighted by atomic mass is 16.5. The first kappa shape index (κ1) is 28.9. The van der Waals surface area contributed by atoms with Gasteiger partial charge in [0.1, 0.15) is 0 Å². The van der Waals surface area contributed by atoms with Gasteiger partial charge in [-0.1, -0.05) is 42.5 Å². The number of allylic oxidation sites excluding steroid dienone is 1. The number of aryl methyl sites for hydroxylation is 2. The van der Waals surface area contributed by atoms with Crippen molar-refractivity contribution in [2.45, 2.75) is 73.6 Å². The van der Waals surface area contributed by atoms with Crippen molar-refractivity contribution in [2.75, 3.05) is 0 Å². The van der Waals surface area contributed by atoms with E-state index in [1.54, 1.807) is 13.0 Å². The van der Waals surface area contributed by atoms with Crippen LogP contribution in [0.1, 0.15) is 61.1 Å². The molecule has 0 aliphatic carbocycles. The summed E-state index contributed by atoms with van der Waals surface area (Å²) in [6.45, 7) is 17.2. The van der Waals surface area contributed by atoms with Crippen molar-refractivity contribution >= 4 is 18.0 Å². The zero-order valence-electron chi connectivity index (χ0n) is 21.6. The molecule has 2 rings (SSSR count). The Morgan fingerprint density at radius 1 is 1.12 bits per heavy atom. The Morgan fingerprint density at radius 2 is 1.76 bits per heavy atom. The van der Waals surface area contributed by atoms with Gasteiger partial charge in [0, 0.05) is 18.5 Å². The number of aliphatic carboxylic acids is 1. The molecule has 0 saturated heterocycles. The molecular formula is C29H39NO4. The van der Waals surface area contributed by atoms with Crippen molar-refractivity contribution in [1.82, 2.24) is 5.32 Å². The zero-order chi connectivity index (χ0) is 25.8. The first-order chi connectivity index (χ1) is 16.0. The predicted octanol–water partition coefficient (Wildman–Crippen LogP) is 5.94. The number of ether oxygens (including phenoxy) is 1. The van der Waals surface area contributed by atoms with Crippen molar-refractivity contribution in [2.24, 2.45) is 0 Å². The smallest absolute Gasteiger partial charge is 0.333 e. The maximum atomic E-state index is 12.6. The number of hydrogen-bond acceptors (Lipinski definition) is 3. The van der Waals surface area contributed by atoms with Crippen LogP contribution in [0.3, 0.4) is 0 Å². The van der Waals surface area contributed by atoms with Gasteiger partial charge in [0.2, 0.25) is 5.91 Å². The Balaban J connectivity index is 0.00000182. The molecule has 1 amide bonds. The molecule has 2 aromatic carbocycles. The van der Waals surface area contributed by atoms with E-state index in [0.29, 0.717) is 12.1 Å². The molecule has 184 valence electrons. The summed E-state index contributed by atoms with van der Waals surface area (Å²) in [5.41, 5.74) is 6.89. The maximum absolute atomic E-state index is 12.6. The highest BCUT2D eigenvalue weighted by Crippen LogP contribution is 2.17. The lowest BCUT2D eigenvalue weighted by Crippen LogP contribution is -2.29. The molecule has 5 heteroatoms. The molecule has 1 atom stereocenters. The van der Waals surface area contributed by atoms with E-state index in [1.165, 1.54) is 5.56 Å². The van der Waals surface area contributed by atoms with Crippen LogP contribution >= 0.6 is 0 Å². The molecule has 5 nitrogen and oxygen atoms in total. The fourth-order valence-corrected chi connectivity index (χ4v) is 3.32. The van der Waals surface area contributed by atoms with Gasteiger partial charge < -0.3 is 15.2 Å². The summed E-state index contributed by atoms with van der Waals surface area (Å²) in [7, 11) is 0. The van der Waals surface area contributed by atoms with Gasteiger partial charge >= 0.3 is 5.97 Å². The summed E-state index contributed by atoms with van der Waals surface area (Å²) in [5, 5.41) is 12.4. The number of amides is 1. The summed E-state index contributed by atoms with van der Waals surface area (Å²) >= 11 is 0. The third-order valence-corrected chi connectivity index (χ3v) is 5.36. The van der Waals surface area contributed by atoms with Crippen LogP contribution in [0.15, 0.2) is 54.6 Å². The highest BCUT2D eigenvalue weighted by Gasteiger charge is 2.20. The van der Waals surface area contributed by atoms with Gasteiger partial charge in [-0.3, -0.25) is 4.79 Å². The fourth-order valence-electron chi connectivity index (χ4n) is 3.32. The van der Waals surface area contributed by atoms with E-state index in [2.05, 4.69) is 31.8 Å². The minimum absolute atomic E-state index is 0.128. The van der Waals surface area contributed by atoms with Gasteiger partial charge in [-0.15, -0.1) is 6.58 Å². The molecule has 0 aromatic heterocycles. The topological polar surface area (TPSA) is 75.6 Å². The molecule has 2 aromatic rings. The fraction of sp³-hybridized carbons (Fsp3) is 0.379. The van der Waals surface area contributed by atoms with Gasteiger partial charge in [0.15, 0.2) is 6.10 Å². The Morgan fingerprint density at radius 3 is 2.35 bits per heavy atom. The van der Waals surface area contributed by atoms with E-state index in [-0.39, 0.29) is 18.4 Å². The highest BCUT2D eigenvalue weighted by molar-refractivity contribution is 5.97. The van der Waals surface area contributed by atoms with E-state index < -0.39 is 12.1 Å². The summed E-state index contributed by atoms with van der Waals surface area (Å²) in [5.74, 6) is -1.10. The molecule has 0 aliphatic heterocycles. The monoisotopic (exact) mass is 465 g/mol. The van der Waals surface area contributed by atoms with Crippen LogP contribution in [-0.4, -0.2) is 29.2 Å². The maximum Gasteiger partial charge on any atom is 0.333 e. The number of carboxylic acid groups (broad SMARTS) is 1. The number of benzene rings is 2. The van der Waals surface area contributed by atoms with Crippen LogP contribution in [0.25, 0.3) is 6.08 Å². The molecule has 2 N–H and O–H groups in total. The summed E-state index contributed by atoms with van der Waals surface area (Å²) in [4.78, 5) is 24.1. The lowest BCUT2D eigenvalue weighted by atomic mass is 10.00. The SMILES string of the molecule is C/C(=C\c1cccc(C)c1C)C(=O)NCc1cc(CC(OC(C)C)C(=O)O)ccc1C.C=CC. The van der Waals surface area contributed by atoms with Gasteiger partial charge in [-0.25, -0.2) is 4.79 Å². The Bertz CT molecular complexity index is 1020. The second-order valence-corrected chi connectivity index (χ2v) is 8.68. The molecule has 0 spiro atoms. The van der Waals surface area contributed by atoms with Gasteiger partial charge in [0.25, 0.3) is 0 Å². The van der Waals surface area contributed by atoms with E-state index >= 15 is 0 Å². The van der Waals surface area contributed by atoms with Gasteiger partial charge in [0.05, 0.1) is 6.10 Å². The minimum Gasteiger partial charge on any atom is -0.479 e. The number of carboxylic acids is 1. The Hall–Kier alpha value is -3.18. The van der Waals surface area contributed by atoms with E-state index in [9.17, 15) is 14.7 Å². The molecule has 0 bridgehead atoms. The van der Waals surface area contributed by atoms with Crippen LogP contribution in [0.4, 0.5) is 0 Å². The van der Waals surface area contributed by atoms with Crippen LogP contribution in [0.5, 0.6) is 0 Å². The molecule has 1 unspecified atom stereocenters. The largest absolute Gasteiger partial charge is 0.479 e. The van der Waals surface area contributed by atoms with Crippen molar-refractivity contribution in [3.8, 4) is 0 Å². The van der Waals surface area contributed by atoms with Gasteiger partial charge in [-0.2, -0.15) is 0 Å². The third kappa shape index (κ3) is 9.36. The zero-order valence-corrected chi connectivity index (χ0v) is 21.6. The van der Waals surface area contributed by atoms with Crippen LogP contribution in [-0.2, 0) is 27.3 Å².